The number of nitrogen functional groups attached to an aromatic ring is 1. The molecule has 1 amide bonds. The van der Waals surface area contributed by atoms with Crippen molar-refractivity contribution in [3.05, 3.63) is 47.1 Å². The summed E-state index contributed by atoms with van der Waals surface area (Å²) in [4.78, 5) is 16.0. The summed E-state index contributed by atoms with van der Waals surface area (Å²) in [5.41, 5.74) is 6.51. The number of halogens is 1. The van der Waals surface area contributed by atoms with Gasteiger partial charge >= 0.3 is 0 Å². The zero-order valence-corrected chi connectivity index (χ0v) is 10.9. The van der Waals surface area contributed by atoms with E-state index >= 15 is 0 Å². The molecule has 3 N–H and O–H groups in total. The lowest BCUT2D eigenvalue weighted by Crippen LogP contribution is -2.13. The van der Waals surface area contributed by atoms with E-state index in [4.69, 9.17) is 22.1 Å². The fraction of sp³-hybridized carbons (Fsp3) is 0.0769. The molecule has 0 saturated heterocycles. The molecule has 0 saturated carbocycles. The Morgan fingerprint density at radius 2 is 2.21 bits per heavy atom. The number of hydrogen-bond donors (Lipinski definition) is 2. The molecule has 0 atom stereocenters. The maximum absolute atomic E-state index is 12.1. The summed E-state index contributed by atoms with van der Waals surface area (Å²) in [5, 5.41) is 2.98. The summed E-state index contributed by atoms with van der Waals surface area (Å²) in [6.07, 6.45) is 1.54. The third kappa shape index (κ3) is 3.14. The molecule has 1 aromatic heterocycles. The Kier molecular flexibility index (Phi) is 3.87. The predicted octanol–water partition coefficient (Wildman–Crippen LogP) is 2.58. The van der Waals surface area contributed by atoms with Crippen LogP contribution in [0.2, 0.25) is 5.02 Å². The SMILES string of the molecule is COc1cc(N)cc(C(=O)Nc2ncccc2Cl)c1. The zero-order valence-electron chi connectivity index (χ0n) is 10.2. The number of rotatable bonds is 3. The van der Waals surface area contributed by atoms with Crippen LogP contribution in [0.25, 0.3) is 0 Å². The fourth-order valence-corrected chi connectivity index (χ4v) is 1.70. The second-order valence-corrected chi connectivity index (χ2v) is 4.19. The van der Waals surface area contributed by atoms with Crippen molar-refractivity contribution in [1.82, 2.24) is 4.98 Å². The standard InChI is InChI=1S/C13H12ClN3O2/c1-19-10-6-8(5-9(15)7-10)13(18)17-12-11(14)3-2-4-16-12/h2-7H,15H2,1H3,(H,16,17,18). The number of methoxy groups -OCH3 is 1. The fourth-order valence-electron chi connectivity index (χ4n) is 1.53. The van der Waals surface area contributed by atoms with E-state index in [1.807, 2.05) is 0 Å². The van der Waals surface area contributed by atoms with Gasteiger partial charge in [-0.3, -0.25) is 4.79 Å². The number of nitrogens with two attached hydrogens (primary N) is 1. The van der Waals surface area contributed by atoms with Crippen molar-refractivity contribution in [1.29, 1.82) is 0 Å². The number of anilines is 2. The minimum absolute atomic E-state index is 0.301. The van der Waals surface area contributed by atoms with Crippen molar-refractivity contribution in [3.8, 4) is 5.75 Å². The maximum Gasteiger partial charge on any atom is 0.257 e. The second kappa shape index (κ2) is 5.58. The molecule has 0 fully saturated rings. The number of carbonyl (C=O) groups excluding carboxylic acids is 1. The predicted molar refractivity (Wildman–Crippen MR) is 74.6 cm³/mol. The molecule has 0 spiro atoms. The number of nitrogens with one attached hydrogen (secondary N) is 1. The normalized spacial score (nSPS) is 10.0. The largest absolute Gasteiger partial charge is 0.497 e. The molecule has 1 aromatic carbocycles. The van der Waals surface area contributed by atoms with E-state index in [0.29, 0.717) is 27.8 Å². The number of amides is 1. The van der Waals surface area contributed by atoms with Crippen LogP contribution in [-0.4, -0.2) is 18.0 Å². The van der Waals surface area contributed by atoms with Crippen molar-refractivity contribution >= 4 is 29.0 Å². The van der Waals surface area contributed by atoms with Crippen molar-refractivity contribution in [2.75, 3.05) is 18.2 Å². The number of nitrogens with zero attached hydrogens (tertiary/aromatic N) is 1. The summed E-state index contributed by atoms with van der Waals surface area (Å²) in [7, 11) is 1.51. The van der Waals surface area contributed by atoms with Crippen LogP contribution in [0.3, 0.4) is 0 Å². The van der Waals surface area contributed by atoms with Gasteiger partial charge in [-0.2, -0.15) is 0 Å². The Morgan fingerprint density at radius 1 is 1.42 bits per heavy atom. The van der Waals surface area contributed by atoms with Gasteiger partial charge in [0.05, 0.1) is 12.1 Å². The number of benzene rings is 1. The lowest BCUT2D eigenvalue weighted by atomic mass is 10.1. The highest BCUT2D eigenvalue weighted by Gasteiger charge is 2.11. The van der Waals surface area contributed by atoms with Crippen LogP contribution in [0, 0.1) is 0 Å². The van der Waals surface area contributed by atoms with Crippen LogP contribution in [0.5, 0.6) is 5.75 Å². The van der Waals surface area contributed by atoms with Gasteiger partial charge < -0.3 is 15.8 Å². The Hall–Kier alpha value is -2.27. The first-order valence-electron chi connectivity index (χ1n) is 5.46. The van der Waals surface area contributed by atoms with Crippen molar-refractivity contribution < 1.29 is 9.53 Å². The smallest absolute Gasteiger partial charge is 0.257 e. The first-order valence-corrected chi connectivity index (χ1v) is 5.84. The zero-order chi connectivity index (χ0) is 13.8. The Balaban J connectivity index is 2.25. The quantitative estimate of drug-likeness (QED) is 0.846. The van der Waals surface area contributed by atoms with Gasteiger partial charge in [-0.1, -0.05) is 11.6 Å². The number of ether oxygens (including phenoxy) is 1. The number of pyridine rings is 1. The van der Waals surface area contributed by atoms with E-state index < -0.39 is 0 Å². The van der Waals surface area contributed by atoms with E-state index in [1.54, 1.807) is 36.5 Å². The highest BCUT2D eigenvalue weighted by molar-refractivity contribution is 6.33. The Labute approximate surface area is 115 Å². The Bertz CT molecular complexity index is 617. The van der Waals surface area contributed by atoms with Crippen LogP contribution in [0.15, 0.2) is 36.5 Å². The molecule has 2 aromatic rings. The van der Waals surface area contributed by atoms with Crippen LogP contribution in [0.1, 0.15) is 10.4 Å². The highest BCUT2D eigenvalue weighted by Crippen LogP contribution is 2.21. The molecule has 6 heteroatoms. The number of aromatic nitrogens is 1. The molecule has 0 aliphatic rings. The Morgan fingerprint density at radius 3 is 2.89 bits per heavy atom. The van der Waals surface area contributed by atoms with Crippen molar-refractivity contribution in [2.45, 2.75) is 0 Å². The molecular weight excluding hydrogens is 266 g/mol. The average Bonchev–Trinajstić information content (AvgIpc) is 2.40. The number of carbonyl (C=O) groups is 1. The number of hydrogen-bond acceptors (Lipinski definition) is 4. The first kappa shape index (κ1) is 13.2. The third-order valence-corrected chi connectivity index (χ3v) is 2.72. The monoisotopic (exact) mass is 277 g/mol. The van der Waals surface area contributed by atoms with Gasteiger partial charge in [-0.25, -0.2) is 4.98 Å². The van der Waals surface area contributed by atoms with Gasteiger partial charge in [0.15, 0.2) is 5.82 Å². The summed E-state index contributed by atoms with van der Waals surface area (Å²) in [5.74, 6) is 0.457. The summed E-state index contributed by atoms with van der Waals surface area (Å²) < 4.78 is 5.06. The van der Waals surface area contributed by atoms with Crippen molar-refractivity contribution in [3.63, 3.8) is 0 Å². The van der Waals surface area contributed by atoms with Crippen LogP contribution >= 0.6 is 11.6 Å². The maximum atomic E-state index is 12.1. The molecule has 0 unspecified atom stereocenters. The highest BCUT2D eigenvalue weighted by atomic mass is 35.5. The van der Waals surface area contributed by atoms with E-state index in [9.17, 15) is 4.79 Å². The van der Waals surface area contributed by atoms with Gasteiger partial charge in [-0.05, 0) is 24.3 Å². The molecule has 0 bridgehead atoms. The lowest BCUT2D eigenvalue weighted by Gasteiger charge is -2.08. The van der Waals surface area contributed by atoms with Crippen LogP contribution < -0.4 is 15.8 Å². The van der Waals surface area contributed by atoms with Gasteiger partial charge in [-0.15, -0.1) is 0 Å². The molecule has 5 nitrogen and oxygen atoms in total. The molecule has 98 valence electrons. The summed E-state index contributed by atoms with van der Waals surface area (Å²) in [6, 6.07) is 8.09. The second-order valence-electron chi connectivity index (χ2n) is 3.78. The summed E-state index contributed by atoms with van der Waals surface area (Å²) in [6.45, 7) is 0. The molecule has 2 rings (SSSR count). The molecule has 19 heavy (non-hydrogen) atoms. The molecule has 0 radical (unpaired) electrons. The van der Waals surface area contributed by atoms with Gasteiger partial charge in [0, 0.05) is 23.5 Å². The molecular formula is C13H12ClN3O2. The van der Waals surface area contributed by atoms with Gasteiger partial charge in [0.2, 0.25) is 0 Å². The van der Waals surface area contributed by atoms with Gasteiger partial charge in [0.25, 0.3) is 5.91 Å². The molecule has 1 heterocycles. The van der Waals surface area contributed by atoms with Crippen LogP contribution in [0.4, 0.5) is 11.5 Å². The molecule has 0 aliphatic heterocycles. The summed E-state index contributed by atoms with van der Waals surface area (Å²) >= 11 is 5.92. The van der Waals surface area contributed by atoms with E-state index in [0.717, 1.165) is 0 Å². The minimum atomic E-state index is -0.355. The van der Waals surface area contributed by atoms with Crippen molar-refractivity contribution in [2.24, 2.45) is 0 Å². The molecule has 0 aliphatic carbocycles. The third-order valence-electron chi connectivity index (χ3n) is 2.42. The minimum Gasteiger partial charge on any atom is -0.497 e. The average molecular weight is 278 g/mol. The first-order chi connectivity index (χ1) is 9.10. The van der Waals surface area contributed by atoms with Gasteiger partial charge in [0.1, 0.15) is 5.75 Å². The van der Waals surface area contributed by atoms with E-state index in [2.05, 4.69) is 10.3 Å². The van der Waals surface area contributed by atoms with E-state index in [-0.39, 0.29) is 5.91 Å². The van der Waals surface area contributed by atoms with Crippen LogP contribution in [-0.2, 0) is 0 Å². The van der Waals surface area contributed by atoms with E-state index in [1.165, 1.54) is 7.11 Å². The topological polar surface area (TPSA) is 77.2 Å². The lowest BCUT2D eigenvalue weighted by molar-refractivity contribution is 0.102.